The minimum Gasteiger partial charge on any atom is -0.490 e. The van der Waals surface area contributed by atoms with E-state index in [0.717, 1.165) is 5.56 Å². The van der Waals surface area contributed by atoms with Crippen molar-refractivity contribution in [2.45, 2.75) is 26.9 Å². The number of aromatic nitrogens is 2. The van der Waals surface area contributed by atoms with Gasteiger partial charge < -0.3 is 19.1 Å². The third kappa shape index (κ3) is 4.54. The standard InChI is InChI=1S/C23H24Cl2N4O3/c1-14(2)31-19-7-5-4-6-17(19)21-20(15(3)32-27-21)23(30)29-10-8-28(9-11-29)22-18(25)12-16(24)13-26-22/h4-7,12-14H,8-11H2,1-3H3. The van der Waals surface area contributed by atoms with Crippen LogP contribution in [0.25, 0.3) is 11.3 Å². The van der Waals surface area contributed by atoms with Crippen molar-refractivity contribution in [2.75, 3.05) is 31.1 Å². The first kappa shape index (κ1) is 22.4. The predicted molar refractivity (Wildman–Crippen MR) is 125 cm³/mol. The van der Waals surface area contributed by atoms with E-state index in [1.54, 1.807) is 24.1 Å². The van der Waals surface area contributed by atoms with E-state index in [4.69, 9.17) is 32.5 Å². The Hall–Kier alpha value is -2.77. The zero-order valence-corrected chi connectivity index (χ0v) is 19.7. The lowest BCUT2D eigenvalue weighted by molar-refractivity contribution is 0.0745. The fourth-order valence-electron chi connectivity index (χ4n) is 3.75. The minimum absolute atomic E-state index is 0.00956. The maximum atomic E-state index is 13.5. The van der Waals surface area contributed by atoms with Crippen LogP contribution in [0.15, 0.2) is 41.1 Å². The van der Waals surface area contributed by atoms with Crippen LogP contribution in [0.4, 0.5) is 5.82 Å². The van der Waals surface area contributed by atoms with Gasteiger partial charge in [0.2, 0.25) is 0 Å². The van der Waals surface area contributed by atoms with E-state index in [9.17, 15) is 4.79 Å². The Morgan fingerprint density at radius 1 is 1.16 bits per heavy atom. The number of ether oxygens (including phenoxy) is 1. The Morgan fingerprint density at radius 3 is 2.56 bits per heavy atom. The second-order valence-corrected chi connectivity index (χ2v) is 8.71. The summed E-state index contributed by atoms with van der Waals surface area (Å²) < 4.78 is 11.4. The summed E-state index contributed by atoms with van der Waals surface area (Å²) in [6.45, 7) is 7.92. The Bertz CT molecular complexity index is 1120. The number of carbonyl (C=O) groups excluding carboxylic acids is 1. The fourth-order valence-corrected chi connectivity index (χ4v) is 4.25. The van der Waals surface area contributed by atoms with E-state index in [0.29, 0.717) is 64.8 Å². The molecule has 0 spiro atoms. The molecule has 32 heavy (non-hydrogen) atoms. The average Bonchev–Trinajstić information content (AvgIpc) is 3.14. The molecule has 1 aromatic carbocycles. The first-order valence-electron chi connectivity index (χ1n) is 10.4. The highest BCUT2D eigenvalue weighted by Gasteiger charge is 2.30. The number of halogens is 2. The maximum Gasteiger partial charge on any atom is 0.259 e. The summed E-state index contributed by atoms with van der Waals surface area (Å²) in [5, 5.41) is 5.19. The Kier molecular flexibility index (Phi) is 6.58. The van der Waals surface area contributed by atoms with Crippen molar-refractivity contribution in [1.82, 2.24) is 15.0 Å². The number of amides is 1. The van der Waals surface area contributed by atoms with Gasteiger partial charge in [0.1, 0.15) is 28.6 Å². The van der Waals surface area contributed by atoms with Gasteiger partial charge in [-0.3, -0.25) is 4.79 Å². The van der Waals surface area contributed by atoms with E-state index < -0.39 is 0 Å². The van der Waals surface area contributed by atoms with Crippen LogP contribution < -0.4 is 9.64 Å². The predicted octanol–water partition coefficient (Wildman–Crippen LogP) is 5.10. The largest absolute Gasteiger partial charge is 0.490 e. The molecule has 0 unspecified atom stereocenters. The summed E-state index contributed by atoms with van der Waals surface area (Å²) in [5.74, 6) is 1.70. The zero-order chi connectivity index (χ0) is 22.8. The molecule has 168 valence electrons. The third-order valence-corrected chi connectivity index (χ3v) is 5.72. The van der Waals surface area contributed by atoms with Crippen molar-refractivity contribution in [3.63, 3.8) is 0 Å². The van der Waals surface area contributed by atoms with Gasteiger partial charge >= 0.3 is 0 Å². The topological polar surface area (TPSA) is 71.7 Å². The molecule has 1 saturated heterocycles. The SMILES string of the molecule is Cc1onc(-c2ccccc2OC(C)C)c1C(=O)N1CCN(c2ncc(Cl)cc2Cl)CC1. The summed E-state index contributed by atoms with van der Waals surface area (Å²) in [5.41, 5.74) is 1.69. The second-order valence-electron chi connectivity index (χ2n) is 7.86. The van der Waals surface area contributed by atoms with Crippen LogP contribution in [-0.4, -0.2) is 53.2 Å². The monoisotopic (exact) mass is 474 g/mol. The number of piperazine rings is 1. The molecule has 0 atom stereocenters. The molecule has 4 rings (SSSR count). The summed E-state index contributed by atoms with van der Waals surface area (Å²) in [4.78, 5) is 21.7. The van der Waals surface area contributed by atoms with Crippen LogP contribution in [0, 0.1) is 6.92 Å². The van der Waals surface area contributed by atoms with Crippen LogP contribution in [-0.2, 0) is 0 Å². The number of pyridine rings is 1. The zero-order valence-electron chi connectivity index (χ0n) is 18.1. The molecule has 7 nitrogen and oxygen atoms in total. The first-order valence-corrected chi connectivity index (χ1v) is 11.2. The molecule has 1 aliphatic heterocycles. The van der Waals surface area contributed by atoms with Crippen molar-refractivity contribution >= 4 is 34.9 Å². The van der Waals surface area contributed by atoms with Crippen molar-refractivity contribution in [3.8, 4) is 17.0 Å². The highest BCUT2D eigenvalue weighted by atomic mass is 35.5. The van der Waals surface area contributed by atoms with Crippen molar-refractivity contribution in [3.05, 3.63) is 57.9 Å². The fraction of sp³-hybridized carbons (Fsp3) is 0.348. The van der Waals surface area contributed by atoms with Gasteiger partial charge in [-0.15, -0.1) is 0 Å². The van der Waals surface area contributed by atoms with E-state index >= 15 is 0 Å². The van der Waals surface area contributed by atoms with Gasteiger partial charge in [-0.1, -0.05) is 40.5 Å². The molecule has 1 aliphatic rings. The summed E-state index contributed by atoms with van der Waals surface area (Å²) in [7, 11) is 0. The number of hydrogen-bond acceptors (Lipinski definition) is 6. The van der Waals surface area contributed by atoms with Gasteiger partial charge in [-0.2, -0.15) is 0 Å². The molecule has 2 aromatic heterocycles. The van der Waals surface area contributed by atoms with E-state index in [-0.39, 0.29) is 12.0 Å². The maximum absolute atomic E-state index is 13.5. The van der Waals surface area contributed by atoms with Crippen LogP contribution in [0.3, 0.4) is 0 Å². The second kappa shape index (κ2) is 9.38. The lowest BCUT2D eigenvalue weighted by atomic mass is 10.0. The minimum atomic E-state index is -0.118. The smallest absolute Gasteiger partial charge is 0.259 e. The average molecular weight is 475 g/mol. The summed E-state index contributed by atoms with van der Waals surface area (Å²) >= 11 is 12.3. The van der Waals surface area contributed by atoms with Crippen molar-refractivity contribution < 1.29 is 14.1 Å². The van der Waals surface area contributed by atoms with Gasteiger partial charge in [-0.05, 0) is 39.0 Å². The Balaban J connectivity index is 1.55. The summed E-state index contributed by atoms with van der Waals surface area (Å²) in [6, 6.07) is 9.22. The molecule has 3 heterocycles. The molecule has 9 heteroatoms. The van der Waals surface area contributed by atoms with Crippen LogP contribution >= 0.6 is 23.2 Å². The molecule has 0 aliphatic carbocycles. The molecule has 0 radical (unpaired) electrons. The van der Waals surface area contributed by atoms with Crippen LogP contribution in [0.2, 0.25) is 10.0 Å². The van der Waals surface area contributed by atoms with Crippen LogP contribution in [0.1, 0.15) is 30.0 Å². The highest BCUT2D eigenvalue weighted by molar-refractivity contribution is 6.36. The van der Waals surface area contributed by atoms with Gasteiger partial charge in [-0.25, -0.2) is 4.98 Å². The number of rotatable bonds is 5. The molecule has 0 saturated carbocycles. The van der Waals surface area contributed by atoms with Gasteiger partial charge in [0.25, 0.3) is 5.91 Å². The molecule has 3 aromatic rings. The van der Waals surface area contributed by atoms with Crippen LogP contribution in [0.5, 0.6) is 5.75 Å². The normalized spacial score (nSPS) is 14.2. The molecular weight excluding hydrogens is 451 g/mol. The van der Waals surface area contributed by atoms with Crippen molar-refractivity contribution in [1.29, 1.82) is 0 Å². The molecule has 0 bridgehead atoms. The quantitative estimate of drug-likeness (QED) is 0.511. The number of anilines is 1. The lowest BCUT2D eigenvalue weighted by Crippen LogP contribution is -2.49. The number of hydrogen-bond donors (Lipinski definition) is 0. The van der Waals surface area contributed by atoms with E-state index in [1.165, 1.54) is 0 Å². The van der Waals surface area contributed by atoms with Gasteiger partial charge in [0.15, 0.2) is 0 Å². The van der Waals surface area contributed by atoms with E-state index in [1.807, 2.05) is 38.1 Å². The van der Waals surface area contributed by atoms with E-state index in [2.05, 4.69) is 15.0 Å². The number of benzene rings is 1. The number of carbonyl (C=O) groups is 1. The third-order valence-electron chi connectivity index (χ3n) is 5.24. The molecule has 1 fully saturated rings. The molecular formula is C23H24Cl2N4O3. The molecule has 1 amide bonds. The van der Waals surface area contributed by atoms with Gasteiger partial charge in [0.05, 0.1) is 16.1 Å². The van der Waals surface area contributed by atoms with Gasteiger partial charge in [0, 0.05) is 37.9 Å². The first-order chi connectivity index (χ1) is 15.3. The number of aryl methyl sites for hydroxylation is 1. The number of nitrogens with zero attached hydrogens (tertiary/aromatic N) is 4. The Labute approximate surface area is 196 Å². The molecule has 0 N–H and O–H groups in total. The van der Waals surface area contributed by atoms with Crippen molar-refractivity contribution in [2.24, 2.45) is 0 Å². The highest BCUT2D eigenvalue weighted by Crippen LogP contribution is 2.34. The summed E-state index contributed by atoms with van der Waals surface area (Å²) in [6.07, 6.45) is 1.56. The number of para-hydroxylation sites is 1. The lowest BCUT2D eigenvalue weighted by Gasteiger charge is -2.35. The Morgan fingerprint density at radius 2 is 1.88 bits per heavy atom.